The quantitative estimate of drug-likeness (QED) is 0.805. The summed E-state index contributed by atoms with van der Waals surface area (Å²) in [5.74, 6) is -0.442. The van der Waals surface area contributed by atoms with Gasteiger partial charge in [-0.2, -0.15) is 0 Å². The number of hydrogen-bond donors (Lipinski definition) is 1. The zero-order chi connectivity index (χ0) is 15.4. The molecule has 0 bridgehead atoms. The van der Waals surface area contributed by atoms with Crippen molar-refractivity contribution in [1.29, 1.82) is 0 Å². The summed E-state index contributed by atoms with van der Waals surface area (Å²) < 4.78 is 13.1. The van der Waals surface area contributed by atoms with Crippen LogP contribution in [0.25, 0.3) is 0 Å². The lowest BCUT2D eigenvalue weighted by Gasteiger charge is -2.26. The van der Waals surface area contributed by atoms with Crippen LogP contribution < -0.4 is 0 Å². The SMILES string of the molecule is CN(C)CC1CC(O)CN1CCC(=O)c1cccc(F)c1. The van der Waals surface area contributed by atoms with Crippen LogP contribution in [0, 0.1) is 5.82 Å². The fraction of sp³-hybridized carbons (Fsp3) is 0.562. The number of benzene rings is 1. The number of nitrogens with zero attached hydrogens (tertiary/aromatic N) is 2. The van der Waals surface area contributed by atoms with Crippen LogP contribution in [0.4, 0.5) is 4.39 Å². The molecule has 2 atom stereocenters. The van der Waals surface area contributed by atoms with Crippen molar-refractivity contribution in [2.24, 2.45) is 0 Å². The summed E-state index contributed by atoms with van der Waals surface area (Å²) in [6, 6.07) is 6.08. The van der Waals surface area contributed by atoms with Gasteiger partial charge in [-0.05, 0) is 32.6 Å². The van der Waals surface area contributed by atoms with Gasteiger partial charge in [0.2, 0.25) is 0 Å². The number of aliphatic hydroxyl groups excluding tert-OH is 1. The van der Waals surface area contributed by atoms with Crippen molar-refractivity contribution < 1.29 is 14.3 Å². The number of Topliss-reactive ketones (excluding diaryl/α,β-unsaturated/α-hetero) is 1. The van der Waals surface area contributed by atoms with Gasteiger partial charge in [-0.25, -0.2) is 4.39 Å². The van der Waals surface area contributed by atoms with Crippen LogP contribution in [0.15, 0.2) is 24.3 Å². The van der Waals surface area contributed by atoms with Crippen molar-refractivity contribution in [2.75, 3.05) is 33.7 Å². The molecule has 1 aliphatic heterocycles. The molecule has 0 radical (unpaired) electrons. The summed E-state index contributed by atoms with van der Waals surface area (Å²) in [6.45, 7) is 2.07. The maximum Gasteiger partial charge on any atom is 0.164 e. The third-order valence-corrected chi connectivity index (χ3v) is 3.85. The number of carbonyl (C=O) groups is 1. The first-order valence-corrected chi connectivity index (χ1v) is 7.31. The second-order valence-corrected chi connectivity index (χ2v) is 5.98. The molecule has 1 aliphatic rings. The summed E-state index contributed by atoms with van der Waals surface area (Å²) in [6.07, 6.45) is 0.770. The maximum atomic E-state index is 13.1. The average Bonchev–Trinajstić information content (AvgIpc) is 2.75. The Bertz CT molecular complexity index is 493. The molecule has 1 aromatic rings. The molecule has 1 aromatic carbocycles. The van der Waals surface area contributed by atoms with Crippen LogP contribution in [0.2, 0.25) is 0 Å². The highest BCUT2D eigenvalue weighted by atomic mass is 19.1. The minimum atomic E-state index is -0.386. The molecular formula is C16H23FN2O2. The molecule has 1 heterocycles. The van der Waals surface area contributed by atoms with E-state index in [1.807, 2.05) is 14.1 Å². The molecule has 0 aromatic heterocycles. The van der Waals surface area contributed by atoms with Gasteiger partial charge in [0.15, 0.2) is 5.78 Å². The summed E-state index contributed by atoms with van der Waals surface area (Å²) >= 11 is 0. The zero-order valence-corrected chi connectivity index (χ0v) is 12.6. The Balaban J connectivity index is 1.90. The van der Waals surface area contributed by atoms with Gasteiger partial charge in [0, 0.05) is 37.7 Å². The molecule has 0 aliphatic carbocycles. The van der Waals surface area contributed by atoms with Crippen molar-refractivity contribution in [1.82, 2.24) is 9.80 Å². The number of halogens is 1. The predicted octanol–water partition coefficient (Wildman–Crippen LogP) is 1.40. The van der Waals surface area contributed by atoms with Gasteiger partial charge in [0.25, 0.3) is 0 Å². The molecule has 5 heteroatoms. The highest BCUT2D eigenvalue weighted by Crippen LogP contribution is 2.19. The molecule has 2 rings (SSSR count). The van der Waals surface area contributed by atoms with E-state index in [2.05, 4.69) is 9.80 Å². The Kier molecular flexibility index (Phi) is 5.45. The van der Waals surface area contributed by atoms with E-state index in [1.165, 1.54) is 12.1 Å². The minimum absolute atomic E-state index is 0.0560. The highest BCUT2D eigenvalue weighted by molar-refractivity contribution is 5.96. The third kappa shape index (κ3) is 4.59. The van der Waals surface area contributed by atoms with Crippen molar-refractivity contribution in [2.45, 2.75) is 25.0 Å². The fourth-order valence-electron chi connectivity index (χ4n) is 2.89. The van der Waals surface area contributed by atoms with E-state index >= 15 is 0 Å². The van der Waals surface area contributed by atoms with Crippen molar-refractivity contribution >= 4 is 5.78 Å². The lowest BCUT2D eigenvalue weighted by Crippen LogP contribution is -2.38. The molecular weight excluding hydrogens is 271 g/mol. The third-order valence-electron chi connectivity index (χ3n) is 3.85. The smallest absolute Gasteiger partial charge is 0.164 e. The number of β-amino-alcohol motifs (C(OH)–C–C–N with tert-alkyl or cyclic N) is 1. The zero-order valence-electron chi connectivity index (χ0n) is 12.6. The normalized spacial score (nSPS) is 22.9. The van der Waals surface area contributed by atoms with Crippen molar-refractivity contribution in [3.05, 3.63) is 35.6 Å². The Morgan fingerprint density at radius 1 is 1.48 bits per heavy atom. The molecule has 4 nitrogen and oxygen atoms in total. The van der Waals surface area contributed by atoms with E-state index in [0.29, 0.717) is 25.1 Å². The highest BCUT2D eigenvalue weighted by Gasteiger charge is 2.31. The van der Waals surface area contributed by atoms with Crippen LogP contribution >= 0.6 is 0 Å². The Morgan fingerprint density at radius 3 is 2.90 bits per heavy atom. The van der Waals surface area contributed by atoms with E-state index in [4.69, 9.17) is 0 Å². The molecule has 1 saturated heterocycles. The second-order valence-electron chi connectivity index (χ2n) is 5.98. The monoisotopic (exact) mass is 294 g/mol. The van der Waals surface area contributed by atoms with Crippen molar-refractivity contribution in [3.8, 4) is 0 Å². The number of likely N-dealkylation sites (tertiary alicyclic amines) is 1. The Labute approximate surface area is 125 Å². The Hall–Kier alpha value is -1.30. The summed E-state index contributed by atoms with van der Waals surface area (Å²) in [5.41, 5.74) is 0.416. The summed E-state index contributed by atoms with van der Waals surface area (Å²) in [5, 5.41) is 9.81. The summed E-state index contributed by atoms with van der Waals surface area (Å²) in [4.78, 5) is 16.3. The molecule has 1 fully saturated rings. The number of ketones is 1. The predicted molar refractivity (Wildman–Crippen MR) is 79.9 cm³/mol. The number of rotatable bonds is 6. The molecule has 116 valence electrons. The average molecular weight is 294 g/mol. The maximum absolute atomic E-state index is 13.1. The van der Waals surface area contributed by atoms with E-state index in [9.17, 15) is 14.3 Å². The number of aliphatic hydroxyl groups is 1. The lowest BCUT2D eigenvalue weighted by molar-refractivity contribution is 0.0952. The van der Waals surface area contributed by atoms with Gasteiger partial charge < -0.3 is 10.0 Å². The van der Waals surface area contributed by atoms with Crippen LogP contribution in [0.5, 0.6) is 0 Å². The van der Waals surface area contributed by atoms with E-state index in [1.54, 1.807) is 12.1 Å². The molecule has 0 amide bonds. The first kappa shape index (κ1) is 16.1. The number of likely N-dealkylation sites (N-methyl/N-ethyl adjacent to an activating group) is 1. The largest absolute Gasteiger partial charge is 0.392 e. The summed E-state index contributed by atoms with van der Waals surface area (Å²) in [7, 11) is 4.00. The molecule has 21 heavy (non-hydrogen) atoms. The topological polar surface area (TPSA) is 43.8 Å². The molecule has 2 unspecified atom stereocenters. The first-order valence-electron chi connectivity index (χ1n) is 7.31. The van der Waals surface area contributed by atoms with Crippen LogP contribution in [-0.4, -0.2) is 66.6 Å². The van der Waals surface area contributed by atoms with E-state index in [0.717, 1.165) is 13.0 Å². The van der Waals surface area contributed by atoms with E-state index in [-0.39, 0.29) is 23.7 Å². The number of hydrogen-bond acceptors (Lipinski definition) is 4. The van der Waals surface area contributed by atoms with Gasteiger partial charge in [-0.1, -0.05) is 12.1 Å². The van der Waals surface area contributed by atoms with Gasteiger partial charge in [-0.3, -0.25) is 9.69 Å². The van der Waals surface area contributed by atoms with E-state index < -0.39 is 0 Å². The molecule has 0 spiro atoms. The van der Waals surface area contributed by atoms with Crippen LogP contribution in [-0.2, 0) is 0 Å². The van der Waals surface area contributed by atoms with Gasteiger partial charge in [-0.15, -0.1) is 0 Å². The standard InChI is InChI=1S/C16H23FN2O2/c1-18(2)10-14-9-15(20)11-19(14)7-6-16(21)12-4-3-5-13(17)8-12/h3-5,8,14-15,20H,6-7,9-11H2,1-2H3. The van der Waals surface area contributed by atoms with Gasteiger partial charge in [0.05, 0.1) is 6.10 Å². The first-order chi connectivity index (χ1) is 9.95. The van der Waals surface area contributed by atoms with Gasteiger partial charge in [0.1, 0.15) is 5.82 Å². The molecule has 1 N–H and O–H groups in total. The Morgan fingerprint density at radius 2 is 2.24 bits per heavy atom. The van der Waals surface area contributed by atoms with Gasteiger partial charge >= 0.3 is 0 Å². The fourth-order valence-corrected chi connectivity index (χ4v) is 2.89. The molecule has 0 saturated carbocycles. The number of carbonyl (C=O) groups excluding carboxylic acids is 1. The second kappa shape index (κ2) is 7.11. The van der Waals surface area contributed by atoms with Crippen LogP contribution in [0.1, 0.15) is 23.2 Å². The lowest BCUT2D eigenvalue weighted by atomic mass is 10.1. The minimum Gasteiger partial charge on any atom is -0.392 e. The van der Waals surface area contributed by atoms with Crippen LogP contribution in [0.3, 0.4) is 0 Å². The van der Waals surface area contributed by atoms with Crippen molar-refractivity contribution in [3.63, 3.8) is 0 Å².